The molecule has 2 aromatic rings. The lowest BCUT2D eigenvalue weighted by Crippen LogP contribution is -2.47. The summed E-state index contributed by atoms with van der Waals surface area (Å²) in [6, 6.07) is 2.04. The molecule has 1 aliphatic heterocycles. The van der Waals surface area contributed by atoms with Crippen LogP contribution in [-0.2, 0) is 6.54 Å². The van der Waals surface area contributed by atoms with Crippen LogP contribution in [0.4, 0.5) is 0 Å². The number of hydrogen-bond acceptors (Lipinski definition) is 6. The van der Waals surface area contributed by atoms with Crippen molar-refractivity contribution in [2.24, 2.45) is 0 Å². The van der Waals surface area contributed by atoms with Gasteiger partial charge >= 0.3 is 0 Å². The first-order chi connectivity index (χ1) is 10.6. The molecule has 3 rings (SSSR count). The number of nitrogens with zero attached hydrogens (tertiary/aromatic N) is 3. The summed E-state index contributed by atoms with van der Waals surface area (Å²) in [5.41, 5.74) is 2.09. The van der Waals surface area contributed by atoms with E-state index >= 15 is 0 Å². The zero-order valence-electron chi connectivity index (χ0n) is 13.2. The molecule has 120 valence electrons. The number of aliphatic hydroxyl groups is 1. The van der Waals surface area contributed by atoms with E-state index in [1.807, 2.05) is 25.3 Å². The van der Waals surface area contributed by atoms with Crippen LogP contribution in [0.5, 0.6) is 0 Å². The normalized spacial score (nSPS) is 18.7. The van der Waals surface area contributed by atoms with Crippen molar-refractivity contribution >= 4 is 11.3 Å². The summed E-state index contributed by atoms with van der Waals surface area (Å²) < 4.78 is 5.80. The highest BCUT2D eigenvalue weighted by atomic mass is 32.1. The third kappa shape index (κ3) is 3.76. The highest BCUT2D eigenvalue weighted by molar-refractivity contribution is 7.08. The molecule has 22 heavy (non-hydrogen) atoms. The molecule has 0 aromatic carbocycles. The Morgan fingerprint density at radius 1 is 1.32 bits per heavy atom. The van der Waals surface area contributed by atoms with Crippen LogP contribution in [0.3, 0.4) is 0 Å². The van der Waals surface area contributed by atoms with Crippen LogP contribution in [0, 0.1) is 6.92 Å². The largest absolute Gasteiger partial charge is 0.441 e. The number of thiophene rings is 1. The Bertz CT molecular complexity index is 587. The van der Waals surface area contributed by atoms with Crippen molar-refractivity contribution in [3.63, 3.8) is 0 Å². The van der Waals surface area contributed by atoms with Crippen molar-refractivity contribution in [1.29, 1.82) is 0 Å². The predicted octanol–water partition coefficient (Wildman–Crippen LogP) is 2.21. The molecule has 0 bridgehead atoms. The molecule has 0 amide bonds. The highest BCUT2D eigenvalue weighted by Gasteiger charge is 2.20. The van der Waals surface area contributed by atoms with E-state index in [4.69, 9.17) is 4.42 Å². The van der Waals surface area contributed by atoms with Gasteiger partial charge in [-0.05, 0) is 25.3 Å². The van der Waals surface area contributed by atoms with E-state index in [0.717, 1.165) is 62.2 Å². The van der Waals surface area contributed by atoms with Crippen molar-refractivity contribution in [2.45, 2.75) is 26.5 Å². The number of β-amino-alcohol motifs (C(OH)–C–C–N with tert-alkyl or cyclic N) is 1. The molecule has 0 aliphatic carbocycles. The molecule has 0 unspecified atom stereocenters. The van der Waals surface area contributed by atoms with Crippen LogP contribution in [-0.4, -0.2) is 58.7 Å². The van der Waals surface area contributed by atoms with Crippen LogP contribution in [0.1, 0.15) is 18.4 Å². The maximum Gasteiger partial charge on any atom is 0.227 e. The average molecular weight is 321 g/mol. The topological polar surface area (TPSA) is 52.7 Å². The number of piperazine rings is 1. The van der Waals surface area contributed by atoms with E-state index in [9.17, 15) is 5.11 Å². The molecule has 5 nitrogen and oxygen atoms in total. The fourth-order valence-electron chi connectivity index (χ4n) is 2.80. The minimum Gasteiger partial charge on any atom is -0.441 e. The van der Waals surface area contributed by atoms with Crippen LogP contribution in [0.2, 0.25) is 0 Å². The van der Waals surface area contributed by atoms with Gasteiger partial charge in [0.25, 0.3) is 0 Å². The quantitative estimate of drug-likeness (QED) is 0.915. The molecular weight excluding hydrogens is 298 g/mol. The summed E-state index contributed by atoms with van der Waals surface area (Å²) in [4.78, 5) is 9.38. The smallest absolute Gasteiger partial charge is 0.227 e. The Morgan fingerprint density at radius 3 is 2.68 bits per heavy atom. The second-order valence-corrected chi connectivity index (χ2v) is 6.74. The Kier molecular flexibility index (Phi) is 4.93. The molecule has 1 saturated heterocycles. The Hall–Kier alpha value is -1.21. The maximum atomic E-state index is 9.46. The van der Waals surface area contributed by atoms with Crippen LogP contribution in [0.25, 0.3) is 11.5 Å². The molecule has 1 N–H and O–H groups in total. The summed E-state index contributed by atoms with van der Waals surface area (Å²) in [6.07, 6.45) is -0.252. The zero-order chi connectivity index (χ0) is 15.5. The number of oxazole rings is 1. The fraction of sp³-hybridized carbons (Fsp3) is 0.562. The maximum absolute atomic E-state index is 9.46. The number of aryl methyl sites for hydroxylation is 1. The molecule has 1 fully saturated rings. The second-order valence-electron chi connectivity index (χ2n) is 5.96. The molecular formula is C16H23N3O2S. The van der Waals surface area contributed by atoms with Crippen LogP contribution < -0.4 is 0 Å². The van der Waals surface area contributed by atoms with E-state index < -0.39 is 0 Å². The van der Waals surface area contributed by atoms with Gasteiger partial charge in [-0.1, -0.05) is 0 Å². The van der Waals surface area contributed by atoms with Gasteiger partial charge in [0.05, 0.1) is 11.8 Å². The van der Waals surface area contributed by atoms with Gasteiger partial charge in [0.2, 0.25) is 5.89 Å². The number of aromatic nitrogens is 1. The third-order valence-electron chi connectivity index (χ3n) is 4.02. The van der Waals surface area contributed by atoms with E-state index in [1.54, 1.807) is 11.3 Å². The van der Waals surface area contributed by atoms with Crippen molar-refractivity contribution in [2.75, 3.05) is 32.7 Å². The molecule has 6 heteroatoms. The Labute approximate surface area is 135 Å². The predicted molar refractivity (Wildman–Crippen MR) is 88.0 cm³/mol. The molecule has 1 aliphatic rings. The summed E-state index contributed by atoms with van der Waals surface area (Å²) in [6.45, 7) is 9.44. The van der Waals surface area contributed by atoms with Crippen LogP contribution >= 0.6 is 11.3 Å². The third-order valence-corrected chi connectivity index (χ3v) is 4.70. The summed E-state index contributed by atoms with van der Waals surface area (Å²) >= 11 is 1.65. The van der Waals surface area contributed by atoms with Gasteiger partial charge in [-0.25, -0.2) is 4.98 Å². The van der Waals surface area contributed by atoms with Gasteiger partial charge in [-0.2, -0.15) is 11.3 Å². The minimum atomic E-state index is -0.252. The fourth-order valence-corrected chi connectivity index (χ4v) is 3.43. The van der Waals surface area contributed by atoms with E-state index in [1.165, 1.54) is 0 Å². The van der Waals surface area contributed by atoms with Crippen LogP contribution in [0.15, 0.2) is 21.2 Å². The van der Waals surface area contributed by atoms with Gasteiger partial charge in [0.1, 0.15) is 5.76 Å². The molecule has 2 aromatic heterocycles. The summed E-state index contributed by atoms with van der Waals surface area (Å²) in [5, 5.41) is 13.6. The van der Waals surface area contributed by atoms with E-state index in [0.29, 0.717) is 0 Å². The van der Waals surface area contributed by atoms with Crippen molar-refractivity contribution < 1.29 is 9.52 Å². The van der Waals surface area contributed by atoms with Crippen molar-refractivity contribution in [1.82, 2.24) is 14.8 Å². The SMILES string of the molecule is Cc1oc(-c2ccsc2)nc1CN1CCN(C[C@@H](C)O)CC1. The number of aliphatic hydroxyl groups excluding tert-OH is 1. The zero-order valence-corrected chi connectivity index (χ0v) is 14.0. The monoisotopic (exact) mass is 321 g/mol. The lowest BCUT2D eigenvalue weighted by molar-refractivity contribution is 0.0775. The van der Waals surface area contributed by atoms with Gasteiger partial charge in [-0.15, -0.1) is 0 Å². The molecule has 0 spiro atoms. The summed E-state index contributed by atoms with van der Waals surface area (Å²) in [7, 11) is 0. The standard InChI is InChI=1S/C16H23N3O2S/c1-12(20)9-18-4-6-19(7-5-18)10-15-13(2)21-16(17-15)14-3-8-22-11-14/h3,8,11-12,20H,4-7,9-10H2,1-2H3/t12-/m1/s1. The van der Waals surface area contributed by atoms with Gasteiger partial charge in [0.15, 0.2) is 0 Å². The number of hydrogen-bond donors (Lipinski definition) is 1. The molecule has 0 saturated carbocycles. The number of rotatable bonds is 5. The first kappa shape index (κ1) is 15.7. The molecule has 0 radical (unpaired) electrons. The lowest BCUT2D eigenvalue weighted by atomic mass is 10.2. The van der Waals surface area contributed by atoms with Crippen molar-refractivity contribution in [3.8, 4) is 11.5 Å². The molecule has 3 heterocycles. The van der Waals surface area contributed by atoms with E-state index in [2.05, 4.69) is 20.2 Å². The lowest BCUT2D eigenvalue weighted by Gasteiger charge is -2.34. The highest BCUT2D eigenvalue weighted by Crippen LogP contribution is 2.24. The van der Waals surface area contributed by atoms with Crippen molar-refractivity contribution in [3.05, 3.63) is 28.3 Å². The second kappa shape index (κ2) is 6.91. The first-order valence-electron chi connectivity index (χ1n) is 7.73. The Morgan fingerprint density at radius 2 is 2.05 bits per heavy atom. The minimum absolute atomic E-state index is 0.252. The average Bonchev–Trinajstić information content (AvgIpc) is 3.11. The summed E-state index contributed by atoms with van der Waals surface area (Å²) in [5.74, 6) is 1.63. The molecule has 1 atom stereocenters. The van der Waals surface area contributed by atoms with Gasteiger partial charge < -0.3 is 9.52 Å². The van der Waals surface area contributed by atoms with E-state index in [-0.39, 0.29) is 6.10 Å². The Balaban J connectivity index is 1.58. The van der Waals surface area contributed by atoms with Gasteiger partial charge in [0, 0.05) is 50.2 Å². The van der Waals surface area contributed by atoms with Gasteiger partial charge in [-0.3, -0.25) is 9.80 Å². The first-order valence-corrected chi connectivity index (χ1v) is 8.68.